The fourth-order valence-electron chi connectivity index (χ4n) is 2.40. The van der Waals surface area contributed by atoms with Crippen molar-refractivity contribution in [2.24, 2.45) is 5.73 Å². The van der Waals surface area contributed by atoms with Crippen LogP contribution in [0.4, 0.5) is 5.69 Å². The van der Waals surface area contributed by atoms with Crippen LogP contribution in [0.15, 0.2) is 48.5 Å². The number of ether oxygens (including phenoxy) is 1. The molecule has 3 N–H and O–H groups in total. The van der Waals surface area contributed by atoms with Gasteiger partial charge in [-0.05, 0) is 56.0 Å². The number of carbonyl (C=O) groups excluding carboxylic acids is 1. The number of rotatable bonds is 9. The molecule has 4 nitrogen and oxygen atoms in total. The largest absolute Gasteiger partial charge is 0.492 e. The molecule has 0 saturated heterocycles. The van der Waals surface area contributed by atoms with E-state index in [2.05, 4.69) is 36.5 Å². The molecular weight excluding hydrogens is 300 g/mol. The summed E-state index contributed by atoms with van der Waals surface area (Å²) in [6, 6.07) is 15.9. The van der Waals surface area contributed by atoms with Gasteiger partial charge in [0.25, 0.3) is 0 Å². The number of hydrogen-bond donors (Lipinski definition) is 2. The molecule has 1 amide bonds. The third-order valence-corrected chi connectivity index (χ3v) is 3.76. The van der Waals surface area contributed by atoms with Gasteiger partial charge in [-0.2, -0.15) is 0 Å². The molecule has 4 heteroatoms. The fourth-order valence-corrected chi connectivity index (χ4v) is 2.40. The molecule has 0 unspecified atom stereocenters. The van der Waals surface area contributed by atoms with E-state index in [9.17, 15) is 4.79 Å². The number of aryl methyl sites for hydroxylation is 2. The van der Waals surface area contributed by atoms with E-state index in [0.29, 0.717) is 19.6 Å². The number of unbranched alkanes of at least 4 members (excludes halogenated alkanes) is 1. The minimum absolute atomic E-state index is 0.0505. The van der Waals surface area contributed by atoms with E-state index >= 15 is 0 Å². The van der Waals surface area contributed by atoms with Crippen LogP contribution in [0, 0.1) is 6.92 Å². The molecule has 0 atom stereocenters. The monoisotopic (exact) mass is 326 g/mol. The third-order valence-electron chi connectivity index (χ3n) is 3.76. The van der Waals surface area contributed by atoms with Crippen LogP contribution in [-0.4, -0.2) is 19.1 Å². The average Bonchev–Trinajstić information content (AvgIpc) is 2.60. The van der Waals surface area contributed by atoms with Gasteiger partial charge >= 0.3 is 0 Å². The summed E-state index contributed by atoms with van der Waals surface area (Å²) in [4.78, 5) is 12.0. The van der Waals surface area contributed by atoms with Crippen molar-refractivity contribution < 1.29 is 9.53 Å². The van der Waals surface area contributed by atoms with Crippen LogP contribution in [0.25, 0.3) is 0 Å². The number of amides is 1. The summed E-state index contributed by atoms with van der Waals surface area (Å²) in [5.41, 5.74) is 8.79. The van der Waals surface area contributed by atoms with Gasteiger partial charge in [-0.1, -0.05) is 29.8 Å². The average molecular weight is 326 g/mol. The van der Waals surface area contributed by atoms with Crippen molar-refractivity contribution in [3.63, 3.8) is 0 Å². The third kappa shape index (κ3) is 6.42. The van der Waals surface area contributed by atoms with Crippen molar-refractivity contribution >= 4 is 11.6 Å². The Bertz CT molecular complexity index is 621. The summed E-state index contributed by atoms with van der Waals surface area (Å²) >= 11 is 0. The second kappa shape index (κ2) is 9.73. The number of hydrogen-bond acceptors (Lipinski definition) is 3. The minimum Gasteiger partial charge on any atom is -0.492 e. The van der Waals surface area contributed by atoms with E-state index < -0.39 is 0 Å². The Morgan fingerprint density at radius 1 is 1.04 bits per heavy atom. The molecule has 128 valence electrons. The Hall–Kier alpha value is -2.33. The van der Waals surface area contributed by atoms with Gasteiger partial charge in [0.2, 0.25) is 5.91 Å². The molecule has 0 aliphatic carbocycles. The fraction of sp³-hybridized carbons (Fsp3) is 0.350. The Kier molecular flexibility index (Phi) is 7.30. The minimum atomic E-state index is 0.0505. The molecular formula is C20H26N2O2. The van der Waals surface area contributed by atoms with E-state index in [-0.39, 0.29) is 5.91 Å². The molecule has 0 saturated carbocycles. The van der Waals surface area contributed by atoms with Crippen LogP contribution in [0.1, 0.15) is 30.4 Å². The van der Waals surface area contributed by atoms with Gasteiger partial charge in [0.05, 0.1) is 0 Å². The zero-order chi connectivity index (χ0) is 17.2. The second-order valence-corrected chi connectivity index (χ2v) is 5.90. The van der Waals surface area contributed by atoms with Crippen molar-refractivity contribution in [2.75, 3.05) is 18.5 Å². The summed E-state index contributed by atoms with van der Waals surface area (Å²) in [6.45, 7) is 3.07. The molecule has 2 aromatic carbocycles. The Balaban J connectivity index is 1.66. The van der Waals surface area contributed by atoms with Crippen molar-refractivity contribution in [3.8, 4) is 5.75 Å². The SMILES string of the molecule is Cc1ccc(CCCCC(=O)Nc2ccc(OCCN)cc2)cc1. The van der Waals surface area contributed by atoms with Crippen LogP contribution in [-0.2, 0) is 11.2 Å². The first kappa shape index (κ1) is 18.0. The Morgan fingerprint density at radius 2 is 1.75 bits per heavy atom. The second-order valence-electron chi connectivity index (χ2n) is 5.90. The Labute approximate surface area is 144 Å². The number of nitrogens with two attached hydrogens (primary N) is 1. The molecule has 2 rings (SSSR count). The van der Waals surface area contributed by atoms with Crippen LogP contribution in [0.5, 0.6) is 5.75 Å². The molecule has 2 aromatic rings. The number of carbonyl (C=O) groups is 1. The molecule has 0 spiro atoms. The normalized spacial score (nSPS) is 10.4. The highest BCUT2D eigenvalue weighted by atomic mass is 16.5. The predicted molar refractivity (Wildman–Crippen MR) is 98.4 cm³/mol. The molecule has 0 heterocycles. The van der Waals surface area contributed by atoms with Gasteiger partial charge < -0.3 is 15.8 Å². The van der Waals surface area contributed by atoms with E-state index in [1.165, 1.54) is 11.1 Å². The lowest BCUT2D eigenvalue weighted by atomic mass is 10.1. The lowest BCUT2D eigenvalue weighted by Gasteiger charge is -2.08. The lowest BCUT2D eigenvalue weighted by Crippen LogP contribution is -2.12. The molecule has 0 fully saturated rings. The molecule has 24 heavy (non-hydrogen) atoms. The van der Waals surface area contributed by atoms with Crippen LogP contribution in [0.2, 0.25) is 0 Å². The molecule has 0 aromatic heterocycles. The van der Waals surface area contributed by atoms with Gasteiger partial charge in [0, 0.05) is 18.7 Å². The van der Waals surface area contributed by atoms with E-state index in [1.807, 2.05) is 24.3 Å². The maximum Gasteiger partial charge on any atom is 0.224 e. The number of anilines is 1. The Morgan fingerprint density at radius 3 is 2.42 bits per heavy atom. The van der Waals surface area contributed by atoms with Crippen molar-refractivity contribution in [2.45, 2.75) is 32.6 Å². The van der Waals surface area contributed by atoms with E-state index in [0.717, 1.165) is 30.7 Å². The summed E-state index contributed by atoms with van der Waals surface area (Å²) in [6.07, 6.45) is 3.46. The number of nitrogens with one attached hydrogen (secondary N) is 1. The molecule has 0 aliphatic heterocycles. The van der Waals surface area contributed by atoms with Crippen molar-refractivity contribution in [1.82, 2.24) is 0 Å². The van der Waals surface area contributed by atoms with Gasteiger partial charge in [-0.3, -0.25) is 4.79 Å². The lowest BCUT2D eigenvalue weighted by molar-refractivity contribution is -0.116. The molecule has 0 bridgehead atoms. The highest BCUT2D eigenvalue weighted by Crippen LogP contribution is 2.16. The molecule has 0 radical (unpaired) electrons. The molecule has 0 aliphatic rings. The van der Waals surface area contributed by atoms with Crippen molar-refractivity contribution in [1.29, 1.82) is 0 Å². The summed E-state index contributed by atoms with van der Waals surface area (Å²) in [7, 11) is 0. The summed E-state index contributed by atoms with van der Waals surface area (Å²) in [5, 5.41) is 2.91. The highest BCUT2D eigenvalue weighted by molar-refractivity contribution is 5.90. The maximum atomic E-state index is 12.0. The topological polar surface area (TPSA) is 64.3 Å². The summed E-state index contributed by atoms with van der Waals surface area (Å²) < 4.78 is 5.41. The quantitative estimate of drug-likeness (QED) is 0.691. The standard InChI is InChI=1S/C20H26N2O2/c1-16-6-8-17(9-7-16)4-2-3-5-20(23)22-18-10-12-19(13-11-18)24-15-14-21/h6-13H,2-5,14-15,21H2,1H3,(H,22,23). The van der Waals surface area contributed by atoms with Gasteiger partial charge in [0.15, 0.2) is 0 Å². The zero-order valence-corrected chi connectivity index (χ0v) is 14.3. The van der Waals surface area contributed by atoms with Gasteiger partial charge in [-0.25, -0.2) is 0 Å². The predicted octanol–water partition coefficient (Wildman–Crippen LogP) is 3.68. The first-order chi connectivity index (χ1) is 11.7. The van der Waals surface area contributed by atoms with E-state index in [4.69, 9.17) is 10.5 Å². The van der Waals surface area contributed by atoms with Crippen LogP contribution >= 0.6 is 0 Å². The number of benzene rings is 2. The first-order valence-electron chi connectivity index (χ1n) is 8.46. The van der Waals surface area contributed by atoms with Crippen molar-refractivity contribution in [3.05, 3.63) is 59.7 Å². The zero-order valence-electron chi connectivity index (χ0n) is 14.3. The van der Waals surface area contributed by atoms with Crippen LogP contribution < -0.4 is 15.8 Å². The van der Waals surface area contributed by atoms with Gasteiger partial charge in [-0.15, -0.1) is 0 Å². The maximum absolute atomic E-state index is 12.0. The highest BCUT2D eigenvalue weighted by Gasteiger charge is 2.03. The van der Waals surface area contributed by atoms with Gasteiger partial charge in [0.1, 0.15) is 12.4 Å². The first-order valence-corrected chi connectivity index (χ1v) is 8.46. The summed E-state index contributed by atoms with van der Waals surface area (Å²) in [5.74, 6) is 0.811. The smallest absolute Gasteiger partial charge is 0.224 e. The van der Waals surface area contributed by atoms with E-state index in [1.54, 1.807) is 0 Å². The van der Waals surface area contributed by atoms with Crippen LogP contribution in [0.3, 0.4) is 0 Å².